The third kappa shape index (κ3) is 4.44. The molecule has 1 aromatic carbocycles. The van der Waals surface area contributed by atoms with Crippen molar-refractivity contribution in [1.29, 1.82) is 0 Å². The Labute approximate surface area is 100 Å². The van der Waals surface area contributed by atoms with Crippen molar-refractivity contribution in [3.8, 4) is 0 Å². The van der Waals surface area contributed by atoms with Crippen LogP contribution in [0.5, 0.6) is 0 Å². The van der Waals surface area contributed by atoms with E-state index in [9.17, 15) is 22.8 Å². The summed E-state index contributed by atoms with van der Waals surface area (Å²) >= 11 is 0. The molecule has 0 bridgehead atoms. The summed E-state index contributed by atoms with van der Waals surface area (Å²) in [6.07, 6.45) is -6.39. The van der Waals surface area contributed by atoms with Gasteiger partial charge in [0.25, 0.3) is 0 Å². The van der Waals surface area contributed by atoms with Crippen LogP contribution in [0.4, 0.5) is 18.9 Å². The number of rotatable bonds is 4. The lowest BCUT2D eigenvalue weighted by Gasteiger charge is -2.09. The lowest BCUT2D eigenvalue weighted by atomic mass is 10.1. The van der Waals surface area contributed by atoms with Crippen LogP contribution in [0.3, 0.4) is 0 Å². The molecule has 0 saturated heterocycles. The molecule has 4 nitrogen and oxygen atoms in total. The second kappa shape index (κ2) is 5.52. The van der Waals surface area contributed by atoms with Crippen molar-refractivity contribution < 1.29 is 27.9 Å². The molecule has 0 aliphatic heterocycles. The third-order valence-electron chi connectivity index (χ3n) is 2.07. The van der Waals surface area contributed by atoms with Crippen molar-refractivity contribution in [3.63, 3.8) is 0 Å². The third-order valence-corrected chi connectivity index (χ3v) is 2.07. The van der Waals surface area contributed by atoms with Gasteiger partial charge >= 0.3 is 12.1 Å². The van der Waals surface area contributed by atoms with Crippen molar-refractivity contribution in [3.05, 3.63) is 29.8 Å². The Bertz CT molecular complexity index is 457. The van der Waals surface area contributed by atoms with Gasteiger partial charge in [-0.3, -0.25) is 4.79 Å². The lowest BCUT2D eigenvalue weighted by molar-refractivity contribution is -0.142. The van der Waals surface area contributed by atoms with Crippen LogP contribution in [0.1, 0.15) is 23.2 Å². The summed E-state index contributed by atoms with van der Waals surface area (Å²) in [6, 6.07) is 5.50. The van der Waals surface area contributed by atoms with E-state index < -0.39 is 30.9 Å². The predicted octanol–water partition coefficient (Wildman–Crippen LogP) is 2.67. The van der Waals surface area contributed by atoms with Gasteiger partial charge in [0, 0.05) is 6.42 Å². The second-order valence-electron chi connectivity index (χ2n) is 3.51. The molecule has 18 heavy (non-hydrogen) atoms. The van der Waals surface area contributed by atoms with Crippen LogP contribution < -0.4 is 5.32 Å². The number of para-hydroxylation sites is 1. The molecule has 0 saturated carbocycles. The molecular weight excluding hydrogens is 251 g/mol. The lowest BCUT2D eigenvalue weighted by Crippen LogP contribution is -2.18. The van der Waals surface area contributed by atoms with E-state index in [0.717, 1.165) is 0 Å². The summed E-state index contributed by atoms with van der Waals surface area (Å²) in [5.41, 5.74) is -0.185. The molecule has 1 aromatic rings. The highest BCUT2D eigenvalue weighted by molar-refractivity contribution is 6.00. The number of hydrogen-bond acceptors (Lipinski definition) is 2. The smallest absolute Gasteiger partial charge is 0.389 e. The van der Waals surface area contributed by atoms with Crippen LogP contribution >= 0.6 is 0 Å². The number of carboxylic acids is 1. The Balaban J connectivity index is 2.68. The normalized spacial score (nSPS) is 11.1. The van der Waals surface area contributed by atoms with Gasteiger partial charge in [0.05, 0.1) is 17.7 Å². The highest BCUT2D eigenvalue weighted by atomic mass is 19.4. The van der Waals surface area contributed by atoms with E-state index in [1.165, 1.54) is 24.3 Å². The first-order chi connectivity index (χ1) is 8.29. The van der Waals surface area contributed by atoms with Crippen LogP contribution in [0.15, 0.2) is 24.3 Å². The number of alkyl halides is 3. The first-order valence-corrected chi connectivity index (χ1v) is 4.98. The highest BCUT2D eigenvalue weighted by Crippen LogP contribution is 2.22. The molecule has 0 unspecified atom stereocenters. The second-order valence-corrected chi connectivity index (χ2v) is 3.51. The number of benzene rings is 1. The number of carbonyl (C=O) groups is 2. The molecule has 0 aliphatic carbocycles. The highest BCUT2D eigenvalue weighted by Gasteiger charge is 2.28. The number of nitrogens with one attached hydrogen (secondary N) is 1. The number of amides is 1. The average Bonchev–Trinajstić information content (AvgIpc) is 2.26. The molecule has 0 radical (unpaired) electrons. The maximum Gasteiger partial charge on any atom is 0.389 e. The van der Waals surface area contributed by atoms with E-state index in [-0.39, 0.29) is 11.3 Å². The minimum absolute atomic E-state index is 0.0165. The quantitative estimate of drug-likeness (QED) is 0.875. The van der Waals surface area contributed by atoms with Crippen molar-refractivity contribution >= 4 is 17.6 Å². The van der Waals surface area contributed by atoms with Crippen LogP contribution in [0, 0.1) is 0 Å². The van der Waals surface area contributed by atoms with Gasteiger partial charge in [-0.05, 0) is 12.1 Å². The first kappa shape index (κ1) is 14.0. The van der Waals surface area contributed by atoms with Crippen LogP contribution in [0.25, 0.3) is 0 Å². The molecule has 0 fully saturated rings. The summed E-state index contributed by atoms with van der Waals surface area (Å²) in [6.45, 7) is 0. The van der Waals surface area contributed by atoms with E-state index >= 15 is 0 Å². The maximum absolute atomic E-state index is 11.9. The Morgan fingerprint density at radius 3 is 2.39 bits per heavy atom. The number of aromatic carboxylic acids is 1. The summed E-state index contributed by atoms with van der Waals surface area (Å²) in [5, 5.41) is 11.0. The van der Waals surface area contributed by atoms with E-state index in [1.807, 2.05) is 0 Å². The average molecular weight is 261 g/mol. The van der Waals surface area contributed by atoms with Gasteiger partial charge < -0.3 is 10.4 Å². The Kier molecular flexibility index (Phi) is 4.30. The van der Waals surface area contributed by atoms with E-state index in [0.29, 0.717) is 0 Å². The number of carboxylic acid groups (broad SMARTS) is 1. The zero-order valence-corrected chi connectivity index (χ0v) is 9.12. The maximum atomic E-state index is 11.9. The molecular formula is C11H10F3NO3. The summed E-state index contributed by atoms with van der Waals surface area (Å²) in [4.78, 5) is 22.0. The number of hydrogen-bond donors (Lipinski definition) is 2. The number of carbonyl (C=O) groups excluding carboxylic acids is 1. The van der Waals surface area contributed by atoms with Crippen LogP contribution in [-0.4, -0.2) is 23.2 Å². The van der Waals surface area contributed by atoms with Crippen LogP contribution in [0.2, 0.25) is 0 Å². The predicted molar refractivity (Wildman–Crippen MR) is 57.3 cm³/mol. The zero-order chi connectivity index (χ0) is 13.8. The fraction of sp³-hybridized carbons (Fsp3) is 0.273. The van der Waals surface area contributed by atoms with Gasteiger partial charge in [-0.15, -0.1) is 0 Å². The molecule has 0 atom stereocenters. The first-order valence-electron chi connectivity index (χ1n) is 4.98. The Morgan fingerprint density at radius 2 is 1.83 bits per heavy atom. The molecule has 1 amide bonds. The summed E-state index contributed by atoms with van der Waals surface area (Å²) < 4.78 is 35.7. The minimum Gasteiger partial charge on any atom is -0.478 e. The van der Waals surface area contributed by atoms with Gasteiger partial charge in [-0.2, -0.15) is 13.2 Å². The van der Waals surface area contributed by atoms with E-state index in [4.69, 9.17) is 5.11 Å². The fourth-order valence-electron chi connectivity index (χ4n) is 1.25. The SMILES string of the molecule is O=C(CCC(F)(F)F)Nc1ccccc1C(=O)O. The number of halogens is 3. The molecule has 1 rings (SSSR count). The largest absolute Gasteiger partial charge is 0.478 e. The van der Waals surface area contributed by atoms with Gasteiger partial charge in [0.2, 0.25) is 5.91 Å². The Morgan fingerprint density at radius 1 is 1.22 bits per heavy atom. The van der Waals surface area contributed by atoms with Gasteiger partial charge in [0.15, 0.2) is 0 Å². The van der Waals surface area contributed by atoms with E-state index in [2.05, 4.69) is 5.32 Å². The van der Waals surface area contributed by atoms with Gasteiger partial charge in [-0.1, -0.05) is 12.1 Å². The Hall–Kier alpha value is -2.05. The minimum atomic E-state index is -4.41. The molecule has 2 N–H and O–H groups in total. The van der Waals surface area contributed by atoms with E-state index in [1.54, 1.807) is 0 Å². The van der Waals surface area contributed by atoms with Gasteiger partial charge in [0.1, 0.15) is 0 Å². The van der Waals surface area contributed by atoms with Crippen molar-refractivity contribution in [2.45, 2.75) is 19.0 Å². The topological polar surface area (TPSA) is 66.4 Å². The molecule has 0 spiro atoms. The molecule has 98 valence electrons. The van der Waals surface area contributed by atoms with Crippen LogP contribution in [-0.2, 0) is 4.79 Å². The van der Waals surface area contributed by atoms with Gasteiger partial charge in [-0.25, -0.2) is 4.79 Å². The molecule has 0 aliphatic rings. The molecule has 0 aromatic heterocycles. The summed E-state index contributed by atoms with van der Waals surface area (Å²) in [5.74, 6) is -2.14. The standard InChI is InChI=1S/C11H10F3NO3/c12-11(13,14)6-5-9(16)15-8-4-2-1-3-7(8)10(17)18/h1-4H,5-6H2,(H,15,16)(H,17,18). The molecule has 0 heterocycles. The number of anilines is 1. The van der Waals surface area contributed by atoms with Crippen molar-refractivity contribution in [1.82, 2.24) is 0 Å². The van der Waals surface area contributed by atoms with Crippen molar-refractivity contribution in [2.75, 3.05) is 5.32 Å². The fourth-order valence-corrected chi connectivity index (χ4v) is 1.25. The van der Waals surface area contributed by atoms with Crippen molar-refractivity contribution in [2.24, 2.45) is 0 Å². The summed E-state index contributed by atoms with van der Waals surface area (Å²) in [7, 11) is 0. The molecule has 7 heteroatoms. The monoisotopic (exact) mass is 261 g/mol. The zero-order valence-electron chi connectivity index (χ0n) is 9.12.